The van der Waals surface area contributed by atoms with Crippen LogP contribution in [0, 0.1) is 9.49 Å². The summed E-state index contributed by atoms with van der Waals surface area (Å²) in [5.74, 6) is 0.679. The predicted molar refractivity (Wildman–Crippen MR) is 164 cm³/mol. The molecule has 1 amide bonds. The van der Waals surface area contributed by atoms with Gasteiger partial charge in [-0.2, -0.15) is 0 Å². The first-order valence-corrected chi connectivity index (χ1v) is 14.8. The molecule has 0 radical (unpaired) electrons. The minimum absolute atomic E-state index is 0.00582. The number of rotatable bonds is 8. The van der Waals surface area contributed by atoms with Gasteiger partial charge < -0.3 is 5.32 Å². The first kappa shape index (κ1) is 26.8. The Labute approximate surface area is 240 Å². The average molecular weight is 618 g/mol. The fourth-order valence-corrected chi connectivity index (χ4v) is 5.95. The third-order valence-corrected chi connectivity index (χ3v) is 8.75. The van der Waals surface area contributed by atoms with Gasteiger partial charge in [0.2, 0.25) is 0 Å². The molecule has 1 unspecified atom stereocenters. The van der Waals surface area contributed by atoms with Gasteiger partial charge in [0.25, 0.3) is 5.91 Å². The second-order valence-electron chi connectivity index (χ2n) is 10.5. The highest BCUT2D eigenvalue weighted by Crippen LogP contribution is 2.30. The molecule has 5 heteroatoms. The lowest BCUT2D eigenvalue weighted by molar-refractivity contribution is 0.0935. The Morgan fingerprint density at radius 1 is 1.00 bits per heavy atom. The molecule has 2 heterocycles. The van der Waals surface area contributed by atoms with Crippen LogP contribution in [0.15, 0.2) is 85.1 Å². The molecule has 1 N–H and O–H groups in total. The second kappa shape index (κ2) is 12.4. The van der Waals surface area contributed by atoms with E-state index in [0.717, 1.165) is 42.6 Å². The van der Waals surface area contributed by atoms with Crippen LogP contribution in [-0.4, -0.2) is 28.9 Å². The van der Waals surface area contributed by atoms with Gasteiger partial charge in [-0.25, -0.2) is 0 Å². The van der Waals surface area contributed by atoms with E-state index >= 15 is 0 Å². The molecule has 4 nitrogen and oxygen atoms in total. The summed E-state index contributed by atoms with van der Waals surface area (Å²) in [6, 6.07) is 27.9. The quantitative estimate of drug-likeness (QED) is 0.206. The molecule has 1 aromatic heterocycles. The van der Waals surface area contributed by atoms with Crippen LogP contribution < -0.4 is 5.32 Å². The summed E-state index contributed by atoms with van der Waals surface area (Å²) in [7, 11) is 0. The van der Waals surface area contributed by atoms with Crippen molar-refractivity contribution in [1.29, 1.82) is 0 Å². The van der Waals surface area contributed by atoms with E-state index in [9.17, 15) is 4.79 Å². The summed E-state index contributed by atoms with van der Waals surface area (Å²) in [4.78, 5) is 20.0. The van der Waals surface area contributed by atoms with E-state index in [4.69, 9.17) is 0 Å². The molecule has 1 saturated heterocycles. The number of piperidine rings is 1. The number of likely N-dealkylation sites (tertiary alicyclic amines) is 1. The van der Waals surface area contributed by atoms with E-state index in [0.29, 0.717) is 12.0 Å². The molecular weight excluding hydrogens is 581 g/mol. The third kappa shape index (κ3) is 6.44. The number of carbonyl (C=O) groups is 1. The Morgan fingerprint density at radius 2 is 1.71 bits per heavy atom. The van der Waals surface area contributed by atoms with E-state index in [-0.39, 0.29) is 11.9 Å². The van der Waals surface area contributed by atoms with Crippen molar-refractivity contribution in [3.05, 3.63) is 111 Å². The van der Waals surface area contributed by atoms with Gasteiger partial charge in [0.15, 0.2) is 0 Å². The van der Waals surface area contributed by atoms with Gasteiger partial charge in [-0.15, -0.1) is 0 Å². The van der Waals surface area contributed by atoms with Crippen molar-refractivity contribution in [1.82, 2.24) is 15.2 Å². The van der Waals surface area contributed by atoms with Gasteiger partial charge in [-0.3, -0.25) is 14.7 Å². The van der Waals surface area contributed by atoms with Crippen LogP contribution in [0.5, 0.6) is 0 Å². The maximum Gasteiger partial charge on any atom is 0.251 e. The number of aromatic nitrogens is 1. The summed E-state index contributed by atoms with van der Waals surface area (Å²) >= 11 is 2.31. The number of halogens is 1. The molecule has 38 heavy (non-hydrogen) atoms. The molecule has 1 aliphatic heterocycles. The molecule has 0 saturated carbocycles. The first-order chi connectivity index (χ1) is 18.5. The molecular formula is C33H36IN3O. The Morgan fingerprint density at radius 3 is 2.42 bits per heavy atom. The zero-order chi connectivity index (χ0) is 26.5. The normalized spacial score (nSPS) is 16.3. The van der Waals surface area contributed by atoms with Gasteiger partial charge in [-0.05, 0) is 133 Å². The predicted octanol–water partition coefficient (Wildman–Crippen LogP) is 7.74. The van der Waals surface area contributed by atoms with Crippen LogP contribution in [0.2, 0.25) is 0 Å². The summed E-state index contributed by atoms with van der Waals surface area (Å²) < 4.78 is 1.20. The number of nitrogens with zero attached hydrogens (tertiary/aromatic N) is 2. The van der Waals surface area contributed by atoms with Crippen LogP contribution in [0.1, 0.15) is 72.2 Å². The lowest BCUT2D eigenvalue weighted by Crippen LogP contribution is -2.36. The first-order valence-electron chi connectivity index (χ1n) is 13.7. The Bertz CT molecular complexity index is 1360. The van der Waals surface area contributed by atoms with Gasteiger partial charge >= 0.3 is 0 Å². The number of amides is 1. The molecule has 0 spiro atoms. The smallest absolute Gasteiger partial charge is 0.251 e. The fourth-order valence-electron chi connectivity index (χ4n) is 5.59. The van der Waals surface area contributed by atoms with E-state index in [2.05, 4.69) is 112 Å². The average Bonchev–Trinajstić information content (AvgIpc) is 2.96. The van der Waals surface area contributed by atoms with Crippen molar-refractivity contribution in [2.45, 2.75) is 51.6 Å². The van der Waals surface area contributed by atoms with Gasteiger partial charge in [0.1, 0.15) is 0 Å². The van der Waals surface area contributed by atoms with Crippen LogP contribution >= 0.6 is 22.6 Å². The third-order valence-electron chi connectivity index (χ3n) is 8.03. The van der Waals surface area contributed by atoms with Crippen molar-refractivity contribution in [3.8, 4) is 0 Å². The lowest BCUT2D eigenvalue weighted by Gasteiger charge is -2.36. The second-order valence-corrected chi connectivity index (χ2v) is 11.7. The summed E-state index contributed by atoms with van der Waals surface area (Å²) in [6.07, 6.45) is 6.20. The number of fused-ring (bicyclic) bond motifs is 1. The van der Waals surface area contributed by atoms with Crippen LogP contribution in [0.3, 0.4) is 0 Å². The van der Waals surface area contributed by atoms with Crippen LogP contribution in [0.4, 0.5) is 0 Å². The maximum atomic E-state index is 12.9. The molecule has 1 aliphatic rings. The largest absolute Gasteiger partial charge is 0.345 e. The standard InChI is InChI=1S/C33H36IN3O/c1-3-31(26-10-13-30(34)14-11-26)36-33(38)27-8-6-24(7-9-27)21-25-16-19-37(20-17-25)23(2)28-12-15-32-29(22-28)5-4-18-35-32/h4-15,18,22-23,25,31H,3,16-17,19-21H2,1-2H3,(H,36,38)/t23?,31-/m1/s1. The zero-order valence-corrected chi connectivity index (χ0v) is 24.4. The number of benzene rings is 3. The zero-order valence-electron chi connectivity index (χ0n) is 22.2. The Hall–Kier alpha value is -2.77. The van der Waals surface area contributed by atoms with Gasteiger partial charge in [0, 0.05) is 26.8 Å². The van der Waals surface area contributed by atoms with E-state index in [1.807, 2.05) is 24.4 Å². The Balaban J connectivity index is 1.13. The highest BCUT2D eigenvalue weighted by Gasteiger charge is 2.24. The molecule has 196 valence electrons. The molecule has 3 aromatic carbocycles. The van der Waals surface area contributed by atoms with E-state index < -0.39 is 0 Å². The minimum Gasteiger partial charge on any atom is -0.345 e. The van der Waals surface area contributed by atoms with Crippen molar-refractivity contribution in [2.24, 2.45) is 5.92 Å². The molecule has 1 fully saturated rings. The molecule has 5 rings (SSSR count). The number of carbonyl (C=O) groups excluding carboxylic acids is 1. The number of pyridine rings is 1. The van der Waals surface area contributed by atoms with Crippen LogP contribution in [0.25, 0.3) is 10.9 Å². The van der Waals surface area contributed by atoms with Crippen molar-refractivity contribution in [2.75, 3.05) is 13.1 Å². The number of hydrogen-bond donors (Lipinski definition) is 1. The minimum atomic E-state index is -0.00582. The highest BCUT2D eigenvalue weighted by molar-refractivity contribution is 14.1. The van der Waals surface area contributed by atoms with Crippen LogP contribution in [-0.2, 0) is 6.42 Å². The van der Waals surface area contributed by atoms with Crippen molar-refractivity contribution in [3.63, 3.8) is 0 Å². The lowest BCUT2D eigenvalue weighted by atomic mass is 9.89. The molecule has 4 aromatic rings. The summed E-state index contributed by atoms with van der Waals surface area (Å²) in [6.45, 7) is 6.67. The Kier molecular flexibility index (Phi) is 8.75. The number of hydrogen-bond acceptors (Lipinski definition) is 3. The van der Waals surface area contributed by atoms with Crippen molar-refractivity contribution < 1.29 is 4.79 Å². The summed E-state index contributed by atoms with van der Waals surface area (Å²) in [5.41, 5.74) is 5.62. The summed E-state index contributed by atoms with van der Waals surface area (Å²) in [5, 5.41) is 4.42. The van der Waals surface area contributed by atoms with Gasteiger partial charge in [-0.1, -0.05) is 43.3 Å². The molecule has 0 aliphatic carbocycles. The van der Waals surface area contributed by atoms with E-state index in [1.165, 1.54) is 32.9 Å². The SMILES string of the molecule is CC[C@@H](NC(=O)c1ccc(CC2CCN(C(C)c3ccc4ncccc4c3)CC2)cc1)c1ccc(I)cc1. The fraction of sp³-hybridized carbons (Fsp3) is 0.333. The van der Waals surface area contributed by atoms with E-state index in [1.54, 1.807) is 0 Å². The molecule has 2 atom stereocenters. The molecule has 0 bridgehead atoms. The topological polar surface area (TPSA) is 45.2 Å². The maximum absolute atomic E-state index is 12.9. The van der Waals surface area contributed by atoms with Crippen molar-refractivity contribution >= 4 is 39.4 Å². The van der Waals surface area contributed by atoms with Gasteiger partial charge in [0.05, 0.1) is 11.6 Å². The number of nitrogens with one attached hydrogen (secondary N) is 1. The monoisotopic (exact) mass is 617 g/mol. The highest BCUT2D eigenvalue weighted by atomic mass is 127.